The molecule has 0 aliphatic rings. The Bertz CT molecular complexity index is 165. The second kappa shape index (κ2) is 8.05. The van der Waals surface area contributed by atoms with E-state index in [9.17, 15) is 0 Å². The molecule has 0 aromatic rings. The van der Waals surface area contributed by atoms with E-state index >= 15 is 0 Å². The summed E-state index contributed by atoms with van der Waals surface area (Å²) < 4.78 is 9.34. The van der Waals surface area contributed by atoms with Gasteiger partial charge in [-0.05, 0) is 0 Å². The summed E-state index contributed by atoms with van der Waals surface area (Å²) >= 11 is 0. The molecule has 0 fully saturated rings. The number of ether oxygens (including phenoxy) is 2. The first-order valence-corrected chi connectivity index (χ1v) is 2.60. The third-order valence-corrected chi connectivity index (χ3v) is 0.950. The van der Waals surface area contributed by atoms with Gasteiger partial charge < -0.3 is 16.0 Å². The molecule has 4 nitrogen and oxygen atoms in total. The summed E-state index contributed by atoms with van der Waals surface area (Å²) in [4.78, 5) is 0. The summed E-state index contributed by atoms with van der Waals surface area (Å²) in [5, 5.41) is 16.7. The van der Waals surface area contributed by atoms with Crippen LogP contribution in [-0.2, 0) is 9.47 Å². The van der Waals surface area contributed by atoms with Gasteiger partial charge in [-0.15, -0.1) is 0 Å². The fourth-order valence-electron chi connectivity index (χ4n) is 0.493. The van der Waals surface area contributed by atoms with Gasteiger partial charge in [0, 0.05) is 14.2 Å². The van der Waals surface area contributed by atoms with Crippen molar-refractivity contribution in [1.29, 1.82) is 5.26 Å². The van der Waals surface area contributed by atoms with Crippen molar-refractivity contribution < 1.29 is 45.6 Å². The molecule has 58 valence electrons. The summed E-state index contributed by atoms with van der Waals surface area (Å²) in [7, 11) is 2.77. The first-order chi connectivity index (χ1) is 4.79. The molecule has 0 atom stereocenters. The van der Waals surface area contributed by atoms with Crippen LogP contribution in [0.4, 0.5) is 0 Å². The molecule has 0 unspecified atom stereocenters. The maximum absolute atomic E-state index is 8.41. The van der Waals surface area contributed by atoms with E-state index in [4.69, 9.17) is 10.4 Å². The Morgan fingerprint density at radius 2 is 2.09 bits per heavy atom. The van der Waals surface area contributed by atoms with Gasteiger partial charge in [0.2, 0.25) is 0 Å². The van der Waals surface area contributed by atoms with Crippen molar-refractivity contribution in [3.05, 3.63) is 11.8 Å². The third-order valence-electron chi connectivity index (χ3n) is 0.950. The minimum Gasteiger partial charge on any atom is -1.00 e. The molecule has 0 aromatic heterocycles. The average Bonchev–Trinajstić information content (AvgIpc) is 2.00. The van der Waals surface area contributed by atoms with Gasteiger partial charge >= 0.3 is 29.6 Å². The zero-order chi connectivity index (χ0) is 7.98. The molecule has 0 spiro atoms. The molecular weight excluding hydrogens is 157 g/mol. The van der Waals surface area contributed by atoms with Crippen LogP contribution in [0, 0.1) is 11.3 Å². The van der Waals surface area contributed by atoms with E-state index in [1.54, 1.807) is 6.07 Å². The van der Waals surface area contributed by atoms with Crippen molar-refractivity contribution in [3.63, 3.8) is 0 Å². The first kappa shape index (κ1) is 13.5. The van der Waals surface area contributed by atoms with Crippen LogP contribution in [0.25, 0.3) is 0 Å². The van der Waals surface area contributed by atoms with Gasteiger partial charge in [0.25, 0.3) is 0 Å². The molecule has 1 N–H and O–H groups in total. The number of rotatable bonds is 3. The topological polar surface area (TPSA) is 62.5 Å². The van der Waals surface area contributed by atoms with Gasteiger partial charge in [0.05, 0.1) is 6.26 Å². The number of hydrogen-bond acceptors (Lipinski definition) is 4. The molecule has 5 heteroatoms. The third kappa shape index (κ3) is 4.40. The number of nitriles is 1. The Hall–Kier alpha value is -0.0500. The van der Waals surface area contributed by atoms with E-state index in [1.165, 1.54) is 14.2 Å². The van der Waals surface area contributed by atoms with Crippen LogP contribution in [0.1, 0.15) is 1.43 Å². The summed E-state index contributed by atoms with van der Waals surface area (Å²) in [5.41, 5.74) is 0.0463. The Balaban J connectivity index is -0.000000405. The molecule has 0 heterocycles. The smallest absolute Gasteiger partial charge is 1.00 e. The van der Waals surface area contributed by atoms with Crippen LogP contribution in [0.3, 0.4) is 0 Å². The van der Waals surface area contributed by atoms with Gasteiger partial charge in [-0.2, -0.15) is 5.26 Å². The van der Waals surface area contributed by atoms with E-state index in [-0.39, 0.29) is 36.6 Å². The van der Waals surface area contributed by atoms with E-state index in [0.717, 1.165) is 0 Å². The van der Waals surface area contributed by atoms with Gasteiger partial charge in [-0.1, -0.05) is 0 Å². The fraction of sp³-hybridized carbons (Fsp3) is 0.500. The van der Waals surface area contributed by atoms with Crippen molar-refractivity contribution in [2.45, 2.75) is 6.29 Å². The number of nitrogens with zero attached hydrogens (tertiary/aromatic N) is 1. The summed E-state index contributed by atoms with van der Waals surface area (Å²) in [5.74, 6) is 0. The van der Waals surface area contributed by atoms with Crippen molar-refractivity contribution in [2.75, 3.05) is 14.2 Å². The Kier molecular flexibility index (Phi) is 9.90. The maximum atomic E-state index is 8.41. The van der Waals surface area contributed by atoms with E-state index < -0.39 is 6.29 Å². The molecule has 0 amide bonds. The normalized spacial score (nSPS) is 10.5. The van der Waals surface area contributed by atoms with Crippen LogP contribution in [0.15, 0.2) is 11.8 Å². The minimum absolute atomic E-state index is 0. The first-order valence-electron chi connectivity index (χ1n) is 2.60. The largest absolute Gasteiger partial charge is 1.00 e. The molecule has 0 saturated heterocycles. The number of aliphatic hydroxyl groups is 1. The Morgan fingerprint density at radius 1 is 1.64 bits per heavy atom. The van der Waals surface area contributed by atoms with E-state index in [0.29, 0.717) is 6.26 Å². The Labute approximate surface area is 89.2 Å². The number of hydrogen-bond donors (Lipinski definition) is 1. The van der Waals surface area contributed by atoms with Gasteiger partial charge in [-0.25, -0.2) is 0 Å². The SMILES string of the molecule is COC(OC)/C(C#N)=C/O.[H-].[Na+]. The van der Waals surface area contributed by atoms with Gasteiger partial charge in [0.15, 0.2) is 6.29 Å². The van der Waals surface area contributed by atoms with Crippen molar-refractivity contribution in [2.24, 2.45) is 0 Å². The molecule has 0 aliphatic heterocycles. The average molecular weight is 167 g/mol. The maximum Gasteiger partial charge on any atom is 1.00 e. The minimum atomic E-state index is -0.769. The summed E-state index contributed by atoms with van der Waals surface area (Å²) in [6.07, 6.45) is -0.104. The van der Waals surface area contributed by atoms with Crippen LogP contribution in [0.5, 0.6) is 0 Å². The monoisotopic (exact) mass is 167 g/mol. The molecule has 0 radical (unpaired) electrons. The van der Waals surface area contributed by atoms with Crippen LogP contribution < -0.4 is 29.6 Å². The van der Waals surface area contributed by atoms with Crippen molar-refractivity contribution in [1.82, 2.24) is 0 Å². The molecule has 0 aliphatic carbocycles. The van der Waals surface area contributed by atoms with E-state index in [1.807, 2.05) is 0 Å². The van der Waals surface area contributed by atoms with Crippen molar-refractivity contribution >= 4 is 0 Å². The standard InChI is InChI=1S/C6H9NO3.Na.H/c1-9-6(10-2)5(3-7)4-8;;/h4,6,8H,1-2H3;;/q;+1;-1/b5-4+;;. The molecular formula is C6H10NNaO3. The Morgan fingerprint density at radius 3 is 2.18 bits per heavy atom. The molecule has 0 aromatic carbocycles. The molecule has 0 saturated carbocycles. The predicted octanol–water partition coefficient (Wildman–Crippen LogP) is -2.31. The summed E-state index contributed by atoms with van der Waals surface area (Å²) in [6.45, 7) is 0. The quantitative estimate of drug-likeness (QED) is 0.222. The van der Waals surface area contributed by atoms with Crippen LogP contribution in [-0.4, -0.2) is 25.6 Å². The van der Waals surface area contributed by atoms with Crippen molar-refractivity contribution in [3.8, 4) is 6.07 Å². The van der Waals surface area contributed by atoms with Gasteiger partial charge in [-0.3, -0.25) is 0 Å². The van der Waals surface area contributed by atoms with Gasteiger partial charge in [0.1, 0.15) is 11.6 Å². The predicted molar refractivity (Wildman–Crippen MR) is 35.2 cm³/mol. The number of aliphatic hydroxyl groups excluding tert-OH is 1. The second-order valence-electron chi connectivity index (χ2n) is 1.50. The molecule has 0 rings (SSSR count). The summed E-state index contributed by atoms with van der Waals surface area (Å²) in [6, 6.07) is 1.71. The van der Waals surface area contributed by atoms with Crippen LogP contribution >= 0.6 is 0 Å². The zero-order valence-electron chi connectivity index (χ0n) is 7.87. The zero-order valence-corrected chi connectivity index (χ0v) is 8.87. The fourth-order valence-corrected chi connectivity index (χ4v) is 0.493. The van der Waals surface area contributed by atoms with E-state index in [2.05, 4.69) is 9.47 Å². The molecule has 11 heavy (non-hydrogen) atoms. The second-order valence-corrected chi connectivity index (χ2v) is 1.50. The molecule has 0 bridgehead atoms. The number of methoxy groups -OCH3 is 2. The van der Waals surface area contributed by atoms with Crippen LogP contribution in [0.2, 0.25) is 0 Å².